The molecule has 0 N–H and O–H groups in total. The summed E-state index contributed by atoms with van der Waals surface area (Å²) in [5.41, 5.74) is 3.89. The van der Waals surface area contributed by atoms with Gasteiger partial charge in [0.05, 0.1) is 0 Å². The standard InChI is InChI=1S/C28H23FO5/c1-18(2)27(30)33-16-15-32-24-12-9-21(10-13-24)20-5-7-22(8-6-20)23-11-14-26(25(29)17-23)34-28(31)19(3)4/h5-17H,1,3H2,2,4H3. The molecule has 0 bridgehead atoms. The fourth-order valence-electron chi connectivity index (χ4n) is 2.83. The van der Waals surface area contributed by atoms with Gasteiger partial charge in [-0.15, -0.1) is 0 Å². The van der Waals surface area contributed by atoms with Crippen molar-refractivity contribution in [3.63, 3.8) is 0 Å². The lowest BCUT2D eigenvalue weighted by Gasteiger charge is -2.09. The highest BCUT2D eigenvalue weighted by atomic mass is 19.1. The van der Waals surface area contributed by atoms with E-state index in [0.29, 0.717) is 16.9 Å². The Morgan fingerprint density at radius 1 is 0.735 bits per heavy atom. The molecular weight excluding hydrogens is 435 g/mol. The first-order valence-corrected chi connectivity index (χ1v) is 10.3. The molecule has 0 saturated carbocycles. The lowest BCUT2D eigenvalue weighted by atomic mass is 10.00. The second kappa shape index (κ2) is 10.9. The Kier molecular flexibility index (Phi) is 7.77. The molecule has 0 unspecified atom stereocenters. The molecule has 5 nitrogen and oxygen atoms in total. The van der Waals surface area contributed by atoms with Gasteiger partial charge in [0.2, 0.25) is 0 Å². The maximum atomic E-state index is 14.4. The smallest absolute Gasteiger partial charge is 0.338 e. The zero-order valence-electron chi connectivity index (χ0n) is 18.8. The molecule has 0 spiro atoms. The summed E-state index contributed by atoms with van der Waals surface area (Å²) in [5, 5.41) is 0. The van der Waals surface area contributed by atoms with E-state index in [9.17, 15) is 14.0 Å². The van der Waals surface area contributed by atoms with Crippen LogP contribution in [0.4, 0.5) is 4.39 Å². The predicted octanol–water partition coefficient (Wildman–Crippen LogP) is 6.61. The van der Waals surface area contributed by atoms with Gasteiger partial charge in [-0.3, -0.25) is 0 Å². The minimum Gasteiger partial charge on any atom is -0.462 e. The van der Waals surface area contributed by atoms with Crippen LogP contribution in [0.1, 0.15) is 13.8 Å². The Bertz CT molecular complexity index is 1250. The summed E-state index contributed by atoms with van der Waals surface area (Å²) < 4.78 is 29.6. The third-order valence-corrected chi connectivity index (χ3v) is 4.67. The van der Waals surface area contributed by atoms with Crippen LogP contribution in [0, 0.1) is 5.82 Å². The number of esters is 2. The summed E-state index contributed by atoms with van der Waals surface area (Å²) in [6.07, 6.45) is 2.43. The van der Waals surface area contributed by atoms with Gasteiger partial charge in [-0.2, -0.15) is 0 Å². The van der Waals surface area contributed by atoms with Crippen LogP contribution < -0.4 is 9.47 Å². The van der Waals surface area contributed by atoms with Crippen LogP contribution in [0.2, 0.25) is 0 Å². The van der Waals surface area contributed by atoms with Crippen LogP contribution in [0.3, 0.4) is 0 Å². The van der Waals surface area contributed by atoms with E-state index in [4.69, 9.17) is 14.2 Å². The number of halogens is 1. The molecule has 3 aromatic rings. The minimum absolute atomic E-state index is 0.139. The van der Waals surface area contributed by atoms with Crippen LogP contribution in [-0.2, 0) is 14.3 Å². The second-order valence-electron chi connectivity index (χ2n) is 7.49. The Morgan fingerprint density at radius 3 is 1.76 bits per heavy atom. The van der Waals surface area contributed by atoms with E-state index in [1.807, 2.05) is 36.4 Å². The first-order valence-electron chi connectivity index (χ1n) is 10.3. The monoisotopic (exact) mass is 458 g/mol. The largest absolute Gasteiger partial charge is 0.462 e. The van der Waals surface area contributed by atoms with Crippen molar-refractivity contribution in [3.05, 3.63) is 109 Å². The number of carbonyl (C=O) groups excluding carboxylic acids is 2. The molecule has 0 fully saturated rings. The number of rotatable bonds is 8. The SMILES string of the molecule is C=C(C)C(=O)OC=COc1ccc(-c2ccc(-c3ccc(OC(=O)C(=C)C)c(F)c3)cc2)cc1. The van der Waals surface area contributed by atoms with Gasteiger partial charge in [0, 0.05) is 11.1 Å². The van der Waals surface area contributed by atoms with Crippen LogP contribution in [0.25, 0.3) is 22.3 Å². The molecular formula is C28H23FO5. The summed E-state index contributed by atoms with van der Waals surface area (Å²) in [6.45, 7) is 10.0. The summed E-state index contributed by atoms with van der Waals surface area (Å²) in [7, 11) is 0. The highest BCUT2D eigenvalue weighted by molar-refractivity contribution is 5.89. The number of benzene rings is 3. The van der Waals surface area contributed by atoms with Gasteiger partial charge in [0.25, 0.3) is 0 Å². The number of hydrogen-bond donors (Lipinski definition) is 0. The lowest BCUT2D eigenvalue weighted by molar-refractivity contribution is -0.133. The van der Waals surface area contributed by atoms with E-state index in [2.05, 4.69) is 13.2 Å². The maximum Gasteiger partial charge on any atom is 0.338 e. The molecule has 0 aliphatic rings. The molecule has 6 heteroatoms. The lowest BCUT2D eigenvalue weighted by Crippen LogP contribution is -2.09. The first kappa shape index (κ1) is 24.2. The zero-order chi connectivity index (χ0) is 24.7. The molecule has 34 heavy (non-hydrogen) atoms. The Hall–Kier alpha value is -4.45. The van der Waals surface area contributed by atoms with Crippen molar-refractivity contribution in [1.29, 1.82) is 0 Å². The Labute approximate surface area is 197 Å². The molecule has 0 aliphatic heterocycles. The molecule has 0 heterocycles. The van der Waals surface area contributed by atoms with Crippen molar-refractivity contribution < 1.29 is 28.2 Å². The third kappa shape index (κ3) is 6.29. The van der Waals surface area contributed by atoms with Crippen LogP contribution in [0.15, 0.2) is 104 Å². The fourth-order valence-corrected chi connectivity index (χ4v) is 2.83. The van der Waals surface area contributed by atoms with E-state index in [0.717, 1.165) is 23.0 Å². The van der Waals surface area contributed by atoms with Crippen molar-refractivity contribution in [3.8, 4) is 33.8 Å². The average molecular weight is 458 g/mol. The van der Waals surface area contributed by atoms with Crippen molar-refractivity contribution in [2.24, 2.45) is 0 Å². The molecule has 3 rings (SSSR count). The van der Waals surface area contributed by atoms with Gasteiger partial charge >= 0.3 is 11.9 Å². The third-order valence-electron chi connectivity index (χ3n) is 4.67. The summed E-state index contributed by atoms with van der Waals surface area (Å²) in [6, 6.07) is 19.4. The molecule has 172 valence electrons. The van der Waals surface area contributed by atoms with Crippen molar-refractivity contribution >= 4 is 11.9 Å². The van der Waals surface area contributed by atoms with E-state index < -0.39 is 17.8 Å². The summed E-state index contributed by atoms with van der Waals surface area (Å²) in [4.78, 5) is 22.9. The Morgan fingerprint density at radius 2 is 1.24 bits per heavy atom. The summed E-state index contributed by atoms with van der Waals surface area (Å²) in [5.74, 6) is -1.39. The molecule has 0 aliphatic carbocycles. The zero-order valence-corrected chi connectivity index (χ0v) is 18.8. The van der Waals surface area contributed by atoms with Crippen LogP contribution in [-0.4, -0.2) is 11.9 Å². The van der Waals surface area contributed by atoms with Gasteiger partial charge < -0.3 is 14.2 Å². The molecule has 0 radical (unpaired) electrons. The van der Waals surface area contributed by atoms with E-state index in [1.165, 1.54) is 25.3 Å². The predicted molar refractivity (Wildman–Crippen MR) is 128 cm³/mol. The second-order valence-corrected chi connectivity index (χ2v) is 7.49. The molecule has 0 amide bonds. The highest BCUT2D eigenvalue weighted by Gasteiger charge is 2.11. The van der Waals surface area contributed by atoms with Gasteiger partial charge in [-0.05, 0) is 60.4 Å². The van der Waals surface area contributed by atoms with Crippen LogP contribution >= 0.6 is 0 Å². The molecule has 3 aromatic carbocycles. The van der Waals surface area contributed by atoms with E-state index in [-0.39, 0.29) is 11.3 Å². The number of ether oxygens (including phenoxy) is 3. The molecule has 0 atom stereocenters. The quantitative estimate of drug-likeness (QED) is 0.164. The van der Waals surface area contributed by atoms with Crippen molar-refractivity contribution in [2.75, 3.05) is 0 Å². The minimum atomic E-state index is -0.672. The number of hydrogen-bond acceptors (Lipinski definition) is 5. The first-order chi connectivity index (χ1) is 16.2. The van der Waals surface area contributed by atoms with Crippen molar-refractivity contribution in [1.82, 2.24) is 0 Å². The van der Waals surface area contributed by atoms with E-state index >= 15 is 0 Å². The van der Waals surface area contributed by atoms with Gasteiger partial charge in [-0.25, -0.2) is 14.0 Å². The van der Waals surface area contributed by atoms with Crippen LogP contribution in [0.5, 0.6) is 11.5 Å². The molecule has 0 aromatic heterocycles. The number of carbonyl (C=O) groups is 2. The van der Waals surface area contributed by atoms with Gasteiger partial charge in [0.1, 0.15) is 18.3 Å². The molecule has 0 saturated heterocycles. The Balaban J connectivity index is 1.65. The summed E-state index contributed by atoms with van der Waals surface area (Å²) >= 11 is 0. The van der Waals surface area contributed by atoms with Gasteiger partial charge in [0.15, 0.2) is 11.6 Å². The topological polar surface area (TPSA) is 61.8 Å². The van der Waals surface area contributed by atoms with Gasteiger partial charge in [-0.1, -0.05) is 55.6 Å². The fraction of sp³-hybridized carbons (Fsp3) is 0.0714. The maximum absolute atomic E-state index is 14.4. The normalized spacial score (nSPS) is 10.6. The van der Waals surface area contributed by atoms with Crippen molar-refractivity contribution in [2.45, 2.75) is 13.8 Å². The highest BCUT2D eigenvalue weighted by Crippen LogP contribution is 2.29. The average Bonchev–Trinajstić information content (AvgIpc) is 2.83. The van der Waals surface area contributed by atoms with E-state index in [1.54, 1.807) is 25.1 Å².